The van der Waals surface area contributed by atoms with E-state index in [9.17, 15) is 13.2 Å². The second-order valence-corrected chi connectivity index (χ2v) is 10.00. The van der Waals surface area contributed by atoms with Crippen LogP contribution >= 0.6 is 0 Å². The normalized spacial score (nSPS) is 16.8. The molecule has 1 aliphatic heterocycles. The SMILES string of the molecule is COc1ccc(S(=O)(=O)N2CCN([C@H](C)C(=O)Nc3ccc(C(C)C)cc3)CC2)cc1. The predicted molar refractivity (Wildman–Crippen MR) is 122 cm³/mol. The lowest BCUT2D eigenvalue weighted by molar-refractivity contribution is -0.121. The predicted octanol–water partition coefficient (Wildman–Crippen LogP) is 3.15. The average Bonchev–Trinajstić information content (AvgIpc) is 2.79. The van der Waals surface area contributed by atoms with Gasteiger partial charge in [-0.15, -0.1) is 0 Å². The van der Waals surface area contributed by atoms with Crippen LogP contribution in [0.15, 0.2) is 53.4 Å². The zero-order chi connectivity index (χ0) is 22.6. The number of sulfonamides is 1. The highest BCUT2D eigenvalue weighted by molar-refractivity contribution is 7.89. The van der Waals surface area contributed by atoms with Crippen LogP contribution in [0.4, 0.5) is 5.69 Å². The molecule has 0 radical (unpaired) electrons. The van der Waals surface area contributed by atoms with Crippen LogP contribution in [0.5, 0.6) is 5.75 Å². The van der Waals surface area contributed by atoms with Crippen LogP contribution in [0.3, 0.4) is 0 Å². The molecule has 1 heterocycles. The van der Waals surface area contributed by atoms with Crippen molar-refractivity contribution in [2.45, 2.75) is 37.6 Å². The molecule has 0 aromatic heterocycles. The van der Waals surface area contributed by atoms with Gasteiger partial charge >= 0.3 is 0 Å². The third-order valence-electron chi connectivity index (χ3n) is 5.74. The molecule has 3 rings (SSSR count). The molecule has 0 spiro atoms. The summed E-state index contributed by atoms with van der Waals surface area (Å²) in [5.41, 5.74) is 1.99. The molecular formula is C23H31N3O4S. The fourth-order valence-electron chi connectivity index (χ4n) is 3.59. The largest absolute Gasteiger partial charge is 0.497 e. The van der Waals surface area contributed by atoms with Crippen LogP contribution < -0.4 is 10.1 Å². The van der Waals surface area contributed by atoms with E-state index >= 15 is 0 Å². The third-order valence-corrected chi connectivity index (χ3v) is 7.66. The summed E-state index contributed by atoms with van der Waals surface area (Å²) in [6, 6.07) is 13.9. The number of carbonyl (C=O) groups is 1. The van der Waals surface area contributed by atoms with Crippen LogP contribution in [0, 0.1) is 0 Å². The van der Waals surface area contributed by atoms with Crippen molar-refractivity contribution >= 4 is 21.6 Å². The molecule has 0 saturated carbocycles. The van der Waals surface area contributed by atoms with E-state index in [0.29, 0.717) is 37.8 Å². The number of piperazine rings is 1. The van der Waals surface area contributed by atoms with Crippen LogP contribution in [-0.4, -0.2) is 62.9 Å². The van der Waals surface area contributed by atoms with Gasteiger partial charge in [-0.3, -0.25) is 9.69 Å². The summed E-state index contributed by atoms with van der Waals surface area (Å²) < 4.78 is 32.4. The second kappa shape index (κ2) is 9.80. The zero-order valence-electron chi connectivity index (χ0n) is 18.5. The first-order chi connectivity index (χ1) is 14.7. The smallest absolute Gasteiger partial charge is 0.243 e. The summed E-state index contributed by atoms with van der Waals surface area (Å²) in [4.78, 5) is 15.0. The van der Waals surface area contributed by atoms with E-state index < -0.39 is 10.0 Å². The number of rotatable bonds is 7. The van der Waals surface area contributed by atoms with Crippen LogP contribution in [0.2, 0.25) is 0 Å². The van der Waals surface area contributed by atoms with Gasteiger partial charge in [-0.05, 0) is 54.8 Å². The molecular weight excluding hydrogens is 414 g/mol. The summed E-state index contributed by atoms with van der Waals surface area (Å²) in [7, 11) is -2.02. The number of amides is 1. The molecule has 1 N–H and O–H groups in total. The number of nitrogens with zero attached hydrogens (tertiary/aromatic N) is 2. The molecule has 1 atom stereocenters. The summed E-state index contributed by atoms with van der Waals surface area (Å²) in [6.45, 7) is 7.79. The fraction of sp³-hybridized carbons (Fsp3) is 0.435. The Morgan fingerprint density at radius 1 is 0.935 bits per heavy atom. The van der Waals surface area contributed by atoms with Crippen molar-refractivity contribution in [2.24, 2.45) is 0 Å². The number of ether oxygens (including phenoxy) is 1. The summed E-state index contributed by atoms with van der Waals surface area (Å²) in [6.07, 6.45) is 0. The molecule has 0 bridgehead atoms. The first kappa shape index (κ1) is 23.2. The van der Waals surface area contributed by atoms with E-state index in [4.69, 9.17) is 4.74 Å². The Labute approximate surface area is 185 Å². The molecule has 1 amide bonds. The van der Waals surface area contributed by atoms with Crippen LogP contribution in [0.1, 0.15) is 32.3 Å². The zero-order valence-corrected chi connectivity index (χ0v) is 19.4. The number of methoxy groups -OCH3 is 1. The second-order valence-electron chi connectivity index (χ2n) is 8.06. The fourth-order valence-corrected chi connectivity index (χ4v) is 5.01. The third kappa shape index (κ3) is 5.44. The van der Waals surface area contributed by atoms with Crippen molar-refractivity contribution in [3.8, 4) is 5.75 Å². The molecule has 8 heteroatoms. The lowest BCUT2D eigenvalue weighted by Crippen LogP contribution is -2.53. The van der Waals surface area contributed by atoms with Gasteiger partial charge in [0.15, 0.2) is 0 Å². The highest BCUT2D eigenvalue weighted by Gasteiger charge is 2.31. The lowest BCUT2D eigenvalue weighted by Gasteiger charge is -2.36. The molecule has 2 aromatic carbocycles. The molecule has 168 valence electrons. The number of anilines is 1. The van der Waals surface area contributed by atoms with Gasteiger partial charge in [0.25, 0.3) is 0 Å². The van der Waals surface area contributed by atoms with Crippen LogP contribution in [0.25, 0.3) is 0 Å². The maximum atomic E-state index is 12.9. The van der Waals surface area contributed by atoms with E-state index in [1.54, 1.807) is 31.4 Å². The first-order valence-corrected chi connectivity index (χ1v) is 12.0. The lowest BCUT2D eigenvalue weighted by atomic mass is 10.0. The summed E-state index contributed by atoms with van der Waals surface area (Å²) in [5.74, 6) is 0.959. The number of benzene rings is 2. The molecule has 7 nitrogen and oxygen atoms in total. The van der Waals surface area contributed by atoms with Gasteiger partial charge in [0, 0.05) is 31.9 Å². The van der Waals surface area contributed by atoms with Gasteiger partial charge in [0.05, 0.1) is 18.0 Å². The Hall–Kier alpha value is -2.42. The molecule has 0 aliphatic carbocycles. The van der Waals surface area contributed by atoms with Crippen molar-refractivity contribution < 1.29 is 17.9 Å². The Morgan fingerprint density at radius 3 is 2.03 bits per heavy atom. The van der Waals surface area contributed by atoms with Crippen molar-refractivity contribution in [2.75, 3.05) is 38.6 Å². The standard InChI is InChI=1S/C23H31N3O4S/c1-17(2)19-5-7-20(8-6-19)24-23(27)18(3)25-13-15-26(16-14-25)31(28,29)22-11-9-21(30-4)10-12-22/h5-12,17-18H,13-16H2,1-4H3,(H,24,27)/t18-/m1/s1. The van der Waals surface area contributed by atoms with Crippen molar-refractivity contribution in [3.63, 3.8) is 0 Å². The van der Waals surface area contributed by atoms with Gasteiger partial charge in [-0.1, -0.05) is 26.0 Å². The van der Waals surface area contributed by atoms with E-state index in [2.05, 4.69) is 19.2 Å². The molecule has 0 unspecified atom stereocenters. The van der Waals surface area contributed by atoms with Gasteiger partial charge in [-0.2, -0.15) is 4.31 Å². The van der Waals surface area contributed by atoms with Gasteiger partial charge in [-0.25, -0.2) is 8.42 Å². The Morgan fingerprint density at radius 2 is 1.52 bits per heavy atom. The average molecular weight is 446 g/mol. The number of hydrogen-bond donors (Lipinski definition) is 1. The Kier molecular flexibility index (Phi) is 7.35. The number of hydrogen-bond acceptors (Lipinski definition) is 5. The molecule has 1 aliphatic rings. The van der Waals surface area contributed by atoms with Gasteiger partial charge < -0.3 is 10.1 Å². The quantitative estimate of drug-likeness (QED) is 0.708. The van der Waals surface area contributed by atoms with E-state index in [0.717, 1.165) is 5.69 Å². The summed E-state index contributed by atoms with van der Waals surface area (Å²) in [5, 5.41) is 2.96. The van der Waals surface area contributed by atoms with Crippen LogP contribution in [-0.2, 0) is 14.8 Å². The summed E-state index contributed by atoms with van der Waals surface area (Å²) >= 11 is 0. The minimum Gasteiger partial charge on any atom is -0.497 e. The van der Waals surface area contributed by atoms with Crippen molar-refractivity contribution in [1.29, 1.82) is 0 Å². The molecule has 1 saturated heterocycles. The monoisotopic (exact) mass is 445 g/mol. The minimum absolute atomic E-state index is 0.0937. The molecule has 1 fully saturated rings. The van der Waals surface area contributed by atoms with Crippen molar-refractivity contribution in [3.05, 3.63) is 54.1 Å². The van der Waals surface area contributed by atoms with Gasteiger partial charge in [0.1, 0.15) is 5.75 Å². The van der Waals surface area contributed by atoms with Crippen molar-refractivity contribution in [1.82, 2.24) is 9.21 Å². The van der Waals surface area contributed by atoms with E-state index in [1.165, 1.54) is 9.87 Å². The Balaban J connectivity index is 1.57. The molecule has 31 heavy (non-hydrogen) atoms. The van der Waals surface area contributed by atoms with Gasteiger partial charge in [0.2, 0.25) is 15.9 Å². The van der Waals surface area contributed by atoms with E-state index in [1.807, 2.05) is 36.1 Å². The number of carbonyl (C=O) groups excluding carboxylic acids is 1. The minimum atomic E-state index is -3.57. The highest BCUT2D eigenvalue weighted by Crippen LogP contribution is 2.22. The highest BCUT2D eigenvalue weighted by atomic mass is 32.2. The maximum absolute atomic E-state index is 12.9. The number of nitrogens with one attached hydrogen (secondary N) is 1. The first-order valence-electron chi connectivity index (χ1n) is 10.5. The van der Waals surface area contributed by atoms with E-state index in [-0.39, 0.29) is 16.8 Å². The maximum Gasteiger partial charge on any atom is 0.243 e. The topological polar surface area (TPSA) is 79.0 Å². The Bertz CT molecular complexity index is 980. The molecule has 2 aromatic rings.